The SMILES string of the molecule is CC/C=C\C/C=C\C/C=C\C/C=C\C/C=C\C/C=C\C/C=C\C/C=C\C/C=C\CCCCCCCCCCCCCCCC(=O)NC(COP(=O)([O-])OCC[N+](C)(C)C)C(O)/C=C/CCCCC. The number of carbonyl (C=O) groups excluding carboxylic acids is 1. The van der Waals surface area contributed by atoms with Gasteiger partial charge < -0.3 is 28.8 Å². The molecular weight excluding hydrogens is 864 g/mol. The van der Waals surface area contributed by atoms with Crippen LogP contribution >= 0.6 is 7.82 Å². The molecule has 0 radical (unpaired) electrons. The van der Waals surface area contributed by atoms with E-state index in [2.05, 4.69) is 129 Å². The van der Waals surface area contributed by atoms with Crippen LogP contribution in [0.15, 0.2) is 122 Å². The first kappa shape index (κ1) is 64.9. The number of aliphatic hydroxyl groups excluding tert-OH is 1. The van der Waals surface area contributed by atoms with Gasteiger partial charge in [0.2, 0.25) is 5.91 Å². The van der Waals surface area contributed by atoms with E-state index < -0.39 is 20.0 Å². The quantitative estimate of drug-likeness (QED) is 0.0272. The van der Waals surface area contributed by atoms with Gasteiger partial charge in [-0.15, -0.1) is 0 Å². The van der Waals surface area contributed by atoms with Crippen molar-refractivity contribution in [3.8, 4) is 0 Å². The lowest BCUT2D eigenvalue weighted by Crippen LogP contribution is -2.45. The van der Waals surface area contributed by atoms with Crippen LogP contribution in [0.5, 0.6) is 0 Å². The number of rotatable bonds is 47. The van der Waals surface area contributed by atoms with E-state index in [1.165, 1.54) is 70.6 Å². The third kappa shape index (κ3) is 50.8. The second-order valence-electron chi connectivity index (χ2n) is 18.9. The third-order valence-electron chi connectivity index (χ3n) is 11.2. The number of quaternary nitrogens is 1. The summed E-state index contributed by atoms with van der Waals surface area (Å²) in [5.41, 5.74) is 0. The average molecular weight is 965 g/mol. The minimum absolute atomic E-state index is 0.00683. The highest BCUT2D eigenvalue weighted by Crippen LogP contribution is 2.38. The van der Waals surface area contributed by atoms with E-state index in [9.17, 15) is 19.4 Å². The highest BCUT2D eigenvalue weighted by Gasteiger charge is 2.23. The standard InChI is InChI=1S/C59H101N2O6P/c1-6-8-10-12-13-14-15-16-17-18-19-20-21-22-23-24-25-26-27-28-29-30-31-32-33-34-35-36-37-38-39-40-41-42-43-44-45-46-47-49-51-53-59(63)60-57(58(62)52-50-48-11-9-7-2)56-67-68(64,65)66-55-54-61(3,4)5/h8,10,13-14,16-17,19-20,22-23,25-26,28-29,31-32,34-35,50,52,57-58,62H,6-7,9,11-12,15,18,21,24,27,30,33,36-49,51,53-56H2,1-5H3,(H-,60,63,64,65)/b10-8-,14-13-,17-16-,20-19-,23-22-,26-25-,29-28-,32-31-,35-34-,52-50+. The van der Waals surface area contributed by atoms with Crippen LogP contribution < -0.4 is 10.2 Å². The summed E-state index contributed by atoms with van der Waals surface area (Å²) in [7, 11) is 1.24. The van der Waals surface area contributed by atoms with E-state index in [4.69, 9.17) is 9.05 Å². The van der Waals surface area contributed by atoms with E-state index in [0.29, 0.717) is 17.4 Å². The lowest BCUT2D eigenvalue weighted by molar-refractivity contribution is -0.870. The van der Waals surface area contributed by atoms with Gasteiger partial charge in [0, 0.05) is 6.42 Å². The van der Waals surface area contributed by atoms with Crippen molar-refractivity contribution < 1.29 is 32.9 Å². The van der Waals surface area contributed by atoms with Crippen LogP contribution in [0.3, 0.4) is 0 Å². The number of aliphatic hydroxyl groups is 1. The van der Waals surface area contributed by atoms with Crippen molar-refractivity contribution in [3.63, 3.8) is 0 Å². The molecule has 0 aromatic heterocycles. The van der Waals surface area contributed by atoms with Crippen LogP contribution in [0.4, 0.5) is 0 Å². The van der Waals surface area contributed by atoms with Crippen molar-refractivity contribution in [3.05, 3.63) is 122 Å². The maximum atomic E-state index is 12.8. The van der Waals surface area contributed by atoms with E-state index in [1.807, 2.05) is 27.2 Å². The fourth-order valence-electron chi connectivity index (χ4n) is 6.97. The number of allylic oxidation sites excluding steroid dienone is 19. The van der Waals surface area contributed by atoms with Gasteiger partial charge in [-0.1, -0.05) is 219 Å². The molecule has 0 saturated heterocycles. The van der Waals surface area contributed by atoms with Crippen molar-refractivity contribution in [2.45, 2.75) is 206 Å². The number of likely N-dealkylation sites (N-methyl/N-ethyl adjacent to an activating group) is 1. The summed E-state index contributed by atoms with van der Waals surface area (Å²) in [5, 5.41) is 13.6. The number of phosphoric acid groups is 1. The molecule has 0 aromatic rings. The summed E-state index contributed by atoms with van der Waals surface area (Å²) in [6.45, 7) is 4.39. The van der Waals surface area contributed by atoms with Gasteiger partial charge in [0.15, 0.2) is 0 Å². The molecule has 0 aliphatic carbocycles. The molecule has 0 aliphatic rings. The van der Waals surface area contributed by atoms with Crippen molar-refractivity contribution in [2.24, 2.45) is 0 Å². The van der Waals surface area contributed by atoms with Crippen LogP contribution in [0, 0.1) is 0 Å². The number of nitrogens with zero attached hydrogens (tertiary/aromatic N) is 1. The maximum absolute atomic E-state index is 12.8. The van der Waals surface area contributed by atoms with E-state index in [-0.39, 0.29) is 19.1 Å². The summed E-state index contributed by atoms with van der Waals surface area (Å²) < 4.78 is 23.0. The molecule has 0 bridgehead atoms. The normalized spacial score (nSPS) is 15.0. The average Bonchev–Trinajstić information content (AvgIpc) is 3.30. The molecule has 0 fully saturated rings. The Morgan fingerprint density at radius 3 is 1.31 bits per heavy atom. The van der Waals surface area contributed by atoms with E-state index in [1.54, 1.807) is 6.08 Å². The van der Waals surface area contributed by atoms with Gasteiger partial charge in [-0.3, -0.25) is 9.36 Å². The number of phosphoric ester groups is 1. The summed E-state index contributed by atoms with van der Waals surface area (Å²) in [6.07, 6.45) is 73.4. The number of amides is 1. The minimum atomic E-state index is -4.58. The monoisotopic (exact) mass is 965 g/mol. The van der Waals surface area contributed by atoms with Crippen molar-refractivity contribution >= 4 is 13.7 Å². The lowest BCUT2D eigenvalue weighted by atomic mass is 10.0. The van der Waals surface area contributed by atoms with Crippen LogP contribution in [0.25, 0.3) is 0 Å². The lowest BCUT2D eigenvalue weighted by Gasteiger charge is -2.29. The molecule has 0 aliphatic heterocycles. The molecule has 388 valence electrons. The van der Waals surface area contributed by atoms with Gasteiger partial charge in [-0.05, 0) is 89.9 Å². The Labute approximate surface area is 418 Å². The van der Waals surface area contributed by atoms with Gasteiger partial charge in [0.25, 0.3) is 7.82 Å². The Morgan fingerprint density at radius 1 is 0.529 bits per heavy atom. The number of hydrogen-bond donors (Lipinski definition) is 2. The molecule has 3 unspecified atom stereocenters. The largest absolute Gasteiger partial charge is 0.756 e. The Morgan fingerprint density at radius 2 is 0.897 bits per heavy atom. The second kappa shape index (κ2) is 48.9. The Balaban J connectivity index is 3.86. The molecule has 68 heavy (non-hydrogen) atoms. The first-order chi connectivity index (χ1) is 33.0. The van der Waals surface area contributed by atoms with Crippen LogP contribution in [0.1, 0.15) is 194 Å². The molecular formula is C59H101N2O6P. The molecule has 3 atom stereocenters. The van der Waals surface area contributed by atoms with E-state index >= 15 is 0 Å². The molecule has 2 N–H and O–H groups in total. The molecule has 9 heteroatoms. The summed E-state index contributed by atoms with van der Waals surface area (Å²) in [6, 6.07) is -0.889. The van der Waals surface area contributed by atoms with E-state index in [0.717, 1.165) is 103 Å². The first-order valence-corrected chi connectivity index (χ1v) is 28.4. The van der Waals surface area contributed by atoms with Gasteiger partial charge >= 0.3 is 0 Å². The molecule has 0 rings (SSSR count). The van der Waals surface area contributed by atoms with Crippen molar-refractivity contribution in [1.29, 1.82) is 0 Å². The maximum Gasteiger partial charge on any atom is 0.268 e. The predicted molar refractivity (Wildman–Crippen MR) is 292 cm³/mol. The van der Waals surface area contributed by atoms with Gasteiger partial charge in [0.1, 0.15) is 13.2 Å². The molecule has 0 spiro atoms. The van der Waals surface area contributed by atoms with Gasteiger partial charge in [0.05, 0.1) is 39.9 Å². The van der Waals surface area contributed by atoms with Crippen LogP contribution in [0.2, 0.25) is 0 Å². The zero-order valence-corrected chi connectivity index (χ0v) is 44.9. The molecule has 8 nitrogen and oxygen atoms in total. The third-order valence-corrected chi connectivity index (χ3v) is 12.1. The van der Waals surface area contributed by atoms with Crippen molar-refractivity contribution in [2.75, 3.05) is 40.9 Å². The Hall–Kier alpha value is -3.10. The minimum Gasteiger partial charge on any atom is -0.756 e. The van der Waals surface area contributed by atoms with Crippen molar-refractivity contribution in [1.82, 2.24) is 5.32 Å². The van der Waals surface area contributed by atoms with Crippen LogP contribution in [-0.4, -0.2) is 68.5 Å². The number of hydrogen-bond acceptors (Lipinski definition) is 6. The fourth-order valence-corrected chi connectivity index (χ4v) is 7.69. The number of nitrogens with one attached hydrogen (secondary N) is 1. The fraction of sp³-hybridized carbons (Fsp3) is 0.644. The van der Waals surface area contributed by atoms with Crippen LogP contribution in [-0.2, 0) is 18.4 Å². The number of unbranched alkanes of at least 4 members (excludes halogenated alkanes) is 16. The molecule has 0 saturated carbocycles. The number of carbonyl (C=O) groups is 1. The second-order valence-corrected chi connectivity index (χ2v) is 20.3. The Bertz CT molecular complexity index is 1510. The summed E-state index contributed by atoms with van der Waals surface area (Å²) >= 11 is 0. The molecule has 1 amide bonds. The molecule has 0 heterocycles. The first-order valence-electron chi connectivity index (χ1n) is 26.9. The predicted octanol–water partition coefficient (Wildman–Crippen LogP) is 15.6. The topological polar surface area (TPSA) is 108 Å². The smallest absolute Gasteiger partial charge is 0.268 e. The van der Waals surface area contributed by atoms with Gasteiger partial charge in [-0.2, -0.15) is 0 Å². The highest BCUT2D eigenvalue weighted by molar-refractivity contribution is 7.45. The van der Waals surface area contributed by atoms with Gasteiger partial charge in [-0.25, -0.2) is 0 Å². The summed E-state index contributed by atoms with van der Waals surface area (Å²) in [5.74, 6) is -0.212. The Kier molecular flexibility index (Phi) is 46.7. The zero-order valence-electron chi connectivity index (χ0n) is 44.0. The molecule has 0 aromatic carbocycles. The summed E-state index contributed by atoms with van der Waals surface area (Å²) in [4.78, 5) is 25.1. The highest BCUT2D eigenvalue weighted by atomic mass is 31.2. The zero-order chi connectivity index (χ0) is 49.9.